The molecular weight excluding hydrogens is 326 g/mol. The molecule has 1 heterocycles. The van der Waals surface area contributed by atoms with Gasteiger partial charge in [0.25, 0.3) is 5.91 Å². The fourth-order valence-electron chi connectivity index (χ4n) is 3.38. The standard InChI is InChI=1S/C22H25NO3/c1-17(24)20-8-5-9-21(15-20)26-16-22(25)23-12-10-19(11-13-23)14-18-6-3-2-4-7-18/h2-9,15,19H,10-14,16H2,1H3. The van der Waals surface area contributed by atoms with Gasteiger partial charge in [-0.2, -0.15) is 0 Å². The molecule has 2 aromatic carbocycles. The SMILES string of the molecule is CC(=O)c1cccc(OCC(=O)N2CCC(Cc3ccccc3)CC2)c1. The lowest BCUT2D eigenvalue weighted by molar-refractivity contribution is -0.134. The smallest absolute Gasteiger partial charge is 0.260 e. The monoisotopic (exact) mass is 351 g/mol. The highest BCUT2D eigenvalue weighted by Crippen LogP contribution is 2.22. The van der Waals surface area contributed by atoms with Crippen molar-refractivity contribution in [2.45, 2.75) is 26.2 Å². The highest BCUT2D eigenvalue weighted by molar-refractivity contribution is 5.94. The first-order chi connectivity index (χ1) is 12.6. The molecular formula is C22H25NO3. The second-order valence-electron chi connectivity index (χ2n) is 6.89. The molecule has 4 heteroatoms. The minimum Gasteiger partial charge on any atom is -0.484 e. The Labute approximate surface area is 154 Å². The van der Waals surface area contributed by atoms with E-state index in [-0.39, 0.29) is 18.3 Å². The first-order valence-corrected chi connectivity index (χ1v) is 9.17. The van der Waals surface area contributed by atoms with Gasteiger partial charge in [-0.3, -0.25) is 9.59 Å². The molecule has 0 radical (unpaired) electrons. The average Bonchev–Trinajstić information content (AvgIpc) is 2.68. The van der Waals surface area contributed by atoms with Crippen molar-refractivity contribution in [3.8, 4) is 5.75 Å². The minimum absolute atomic E-state index is 0.0105. The number of carbonyl (C=O) groups is 2. The van der Waals surface area contributed by atoms with Crippen molar-refractivity contribution in [1.82, 2.24) is 4.90 Å². The molecule has 0 aliphatic carbocycles. The molecule has 0 bridgehead atoms. The van der Waals surface area contributed by atoms with E-state index in [4.69, 9.17) is 4.74 Å². The maximum atomic E-state index is 12.4. The predicted molar refractivity (Wildman–Crippen MR) is 101 cm³/mol. The summed E-state index contributed by atoms with van der Waals surface area (Å²) in [4.78, 5) is 25.7. The average molecular weight is 351 g/mol. The van der Waals surface area contributed by atoms with Crippen LogP contribution in [0.15, 0.2) is 54.6 Å². The molecule has 1 fully saturated rings. The largest absolute Gasteiger partial charge is 0.484 e. The zero-order valence-corrected chi connectivity index (χ0v) is 15.2. The van der Waals surface area contributed by atoms with Gasteiger partial charge >= 0.3 is 0 Å². The van der Waals surface area contributed by atoms with E-state index in [2.05, 4.69) is 24.3 Å². The van der Waals surface area contributed by atoms with Crippen LogP contribution in [0.3, 0.4) is 0 Å². The number of piperidine rings is 1. The summed E-state index contributed by atoms with van der Waals surface area (Å²) in [7, 11) is 0. The van der Waals surface area contributed by atoms with Gasteiger partial charge in [-0.25, -0.2) is 0 Å². The number of hydrogen-bond donors (Lipinski definition) is 0. The lowest BCUT2D eigenvalue weighted by atomic mass is 9.90. The molecule has 0 saturated carbocycles. The van der Waals surface area contributed by atoms with Gasteiger partial charge in [0.1, 0.15) is 5.75 Å². The summed E-state index contributed by atoms with van der Waals surface area (Å²) in [5.74, 6) is 1.19. The molecule has 26 heavy (non-hydrogen) atoms. The Morgan fingerprint density at radius 1 is 1.04 bits per heavy atom. The molecule has 1 amide bonds. The summed E-state index contributed by atoms with van der Waals surface area (Å²) in [6.07, 6.45) is 3.14. The molecule has 0 N–H and O–H groups in total. The van der Waals surface area contributed by atoms with Crippen molar-refractivity contribution in [3.63, 3.8) is 0 Å². The molecule has 0 spiro atoms. The maximum absolute atomic E-state index is 12.4. The van der Waals surface area contributed by atoms with Crippen LogP contribution in [-0.4, -0.2) is 36.3 Å². The lowest BCUT2D eigenvalue weighted by Crippen LogP contribution is -2.41. The number of ether oxygens (including phenoxy) is 1. The summed E-state index contributed by atoms with van der Waals surface area (Å²) in [6, 6.07) is 17.5. The van der Waals surface area contributed by atoms with E-state index in [1.54, 1.807) is 24.3 Å². The number of ketones is 1. The van der Waals surface area contributed by atoms with Crippen molar-refractivity contribution in [3.05, 3.63) is 65.7 Å². The number of amides is 1. The van der Waals surface area contributed by atoms with Crippen LogP contribution in [0, 0.1) is 5.92 Å². The van der Waals surface area contributed by atoms with E-state index in [0.29, 0.717) is 17.2 Å². The first-order valence-electron chi connectivity index (χ1n) is 9.17. The van der Waals surface area contributed by atoms with Crippen LogP contribution in [-0.2, 0) is 11.2 Å². The summed E-state index contributed by atoms with van der Waals surface area (Å²) < 4.78 is 5.59. The van der Waals surface area contributed by atoms with Crippen molar-refractivity contribution < 1.29 is 14.3 Å². The topological polar surface area (TPSA) is 46.6 Å². The van der Waals surface area contributed by atoms with Crippen LogP contribution >= 0.6 is 0 Å². The van der Waals surface area contributed by atoms with Crippen LogP contribution in [0.5, 0.6) is 5.75 Å². The van der Waals surface area contributed by atoms with Gasteiger partial charge in [-0.1, -0.05) is 42.5 Å². The van der Waals surface area contributed by atoms with Crippen LogP contribution in [0.1, 0.15) is 35.7 Å². The van der Waals surface area contributed by atoms with Crippen molar-refractivity contribution in [1.29, 1.82) is 0 Å². The Balaban J connectivity index is 1.45. The zero-order valence-electron chi connectivity index (χ0n) is 15.2. The van der Waals surface area contributed by atoms with Crippen LogP contribution in [0.25, 0.3) is 0 Å². The second-order valence-corrected chi connectivity index (χ2v) is 6.89. The van der Waals surface area contributed by atoms with Crippen LogP contribution in [0.2, 0.25) is 0 Å². The summed E-state index contributed by atoms with van der Waals surface area (Å²) >= 11 is 0. The zero-order chi connectivity index (χ0) is 18.4. The van der Waals surface area contributed by atoms with Crippen molar-refractivity contribution >= 4 is 11.7 Å². The quantitative estimate of drug-likeness (QED) is 0.745. The summed E-state index contributed by atoms with van der Waals surface area (Å²) in [6.45, 7) is 3.11. The van der Waals surface area contributed by atoms with E-state index in [9.17, 15) is 9.59 Å². The molecule has 1 aliphatic rings. The Morgan fingerprint density at radius 3 is 2.46 bits per heavy atom. The van der Waals surface area contributed by atoms with E-state index in [1.165, 1.54) is 12.5 Å². The predicted octanol–water partition coefficient (Wildman–Crippen LogP) is 3.75. The first kappa shape index (κ1) is 18.2. The van der Waals surface area contributed by atoms with Crippen molar-refractivity contribution in [2.24, 2.45) is 5.92 Å². The minimum atomic E-state index is -0.0118. The molecule has 0 atom stereocenters. The fraction of sp³-hybridized carbons (Fsp3) is 0.364. The molecule has 2 aromatic rings. The van der Waals surface area contributed by atoms with Gasteiger partial charge < -0.3 is 9.64 Å². The lowest BCUT2D eigenvalue weighted by Gasteiger charge is -2.32. The number of rotatable bonds is 6. The van der Waals surface area contributed by atoms with E-state index in [1.807, 2.05) is 11.0 Å². The van der Waals surface area contributed by atoms with Gasteiger partial charge in [0.15, 0.2) is 12.4 Å². The van der Waals surface area contributed by atoms with Crippen LogP contribution < -0.4 is 4.74 Å². The third-order valence-electron chi connectivity index (χ3n) is 4.94. The number of nitrogens with zero attached hydrogens (tertiary/aromatic N) is 1. The van der Waals surface area contributed by atoms with Gasteiger partial charge in [0, 0.05) is 18.7 Å². The van der Waals surface area contributed by atoms with Crippen LogP contribution in [0.4, 0.5) is 0 Å². The summed E-state index contributed by atoms with van der Waals surface area (Å²) in [5.41, 5.74) is 1.96. The third kappa shape index (κ3) is 4.94. The van der Waals surface area contributed by atoms with Crippen molar-refractivity contribution in [2.75, 3.05) is 19.7 Å². The van der Waals surface area contributed by atoms with Gasteiger partial charge in [-0.15, -0.1) is 0 Å². The number of Topliss-reactive ketones (excluding diaryl/α,β-unsaturated/α-hetero) is 1. The Kier molecular flexibility index (Phi) is 6.05. The van der Waals surface area contributed by atoms with Gasteiger partial charge in [-0.05, 0) is 49.8 Å². The molecule has 0 aromatic heterocycles. The second kappa shape index (κ2) is 8.65. The maximum Gasteiger partial charge on any atom is 0.260 e. The highest BCUT2D eigenvalue weighted by atomic mass is 16.5. The number of hydrogen-bond acceptors (Lipinski definition) is 3. The highest BCUT2D eigenvalue weighted by Gasteiger charge is 2.23. The Bertz CT molecular complexity index is 749. The molecule has 3 rings (SSSR count). The normalized spacial score (nSPS) is 14.9. The molecule has 4 nitrogen and oxygen atoms in total. The number of carbonyl (C=O) groups excluding carboxylic acids is 2. The number of likely N-dealkylation sites (tertiary alicyclic amines) is 1. The molecule has 0 unspecified atom stereocenters. The molecule has 136 valence electrons. The summed E-state index contributed by atoms with van der Waals surface area (Å²) in [5, 5.41) is 0. The number of benzene rings is 2. The van der Waals surface area contributed by atoms with Gasteiger partial charge in [0.2, 0.25) is 0 Å². The van der Waals surface area contributed by atoms with E-state index >= 15 is 0 Å². The molecule has 1 aliphatic heterocycles. The van der Waals surface area contributed by atoms with Gasteiger partial charge in [0.05, 0.1) is 0 Å². The van der Waals surface area contributed by atoms with E-state index in [0.717, 1.165) is 32.4 Å². The molecule has 1 saturated heterocycles. The van der Waals surface area contributed by atoms with E-state index < -0.39 is 0 Å². The third-order valence-corrected chi connectivity index (χ3v) is 4.94. The Morgan fingerprint density at radius 2 is 1.77 bits per heavy atom. The fourth-order valence-corrected chi connectivity index (χ4v) is 3.38. The Hall–Kier alpha value is -2.62.